The van der Waals surface area contributed by atoms with Gasteiger partial charge in [0.1, 0.15) is 5.82 Å². The molecular weight excluding hydrogens is 355 g/mol. The third-order valence-corrected chi connectivity index (χ3v) is 5.57. The zero-order chi connectivity index (χ0) is 18.9. The van der Waals surface area contributed by atoms with E-state index >= 15 is 0 Å². The van der Waals surface area contributed by atoms with Gasteiger partial charge in [-0.2, -0.15) is 0 Å². The standard InChI is InChI=1S/C19H28ClFN4O/c1-19(2,3)25-7-6-22-17(13-25)18(26)24-10-8-23(9-11-24)14-4-5-16(21)15(20)12-14/h4-5,12,17,22H,6-11,13H2,1-3H3/t17-/m1/s1. The highest BCUT2D eigenvalue weighted by molar-refractivity contribution is 6.31. The van der Waals surface area contributed by atoms with Crippen LogP contribution in [0.15, 0.2) is 18.2 Å². The van der Waals surface area contributed by atoms with Crippen molar-refractivity contribution in [2.45, 2.75) is 32.4 Å². The number of piperazine rings is 2. The summed E-state index contributed by atoms with van der Waals surface area (Å²) in [5, 5.41) is 3.50. The second-order valence-corrected chi connectivity index (χ2v) is 8.44. The van der Waals surface area contributed by atoms with E-state index in [9.17, 15) is 9.18 Å². The van der Waals surface area contributed by atoms with Gasteiger partial charge in [0, 0.05) is 57.0 Å². The zero-order valence-corrected chi connectivity index (χ0v) is 16.5. The van der Waals surface area contributed by atoms with Gasteiger partial charge in [-0.15, -0.1) is 0 Å². The third kappa shape index (κ3) is 4.30. The molecule has 144 valence electrons. The minimum atomic E-state index is -0.406. The summed E-state index contributed by atoms with van der Waals surface area (Å²) in [4.78, 5) is 19.4. The van der Waals surface area contributed by atoms with E-state index in [0.29, 0.717) is 13.1 Å². The molecule has 2 fully saturated rings. The predicted octanol–water partition coefficient (Wildman–Crippen LogP) is 2.20. The molecule has 1 amide bonds. The van der Waals surface area contributed by atoms with Crippen LogP contribution in [0.1, 0.15) is 20.8 Å². The summed E-state index contributed by atoms with van der Waals surface area (Å²) in [6, 6.07) is 4.64. The van der Waals surface area contributed by atoms with Crippen LogP contribution in [0.4, 0.5) is 10.1 Å². The Labute approximate surface area is 160 Å². The van der Waals surface area contributed by atoms with Gasteiger partial charge in [0.05, 0.1) is 11.1 Å². The number of carbonyl (C=O) groups is 1. The van der Waals surface area contributed by atoms with Gasteiger partial charge in [0.2, 0.25) is 5.91 Å². The Balaban J connectivity index is 1.57. The van der Waals surface area contributed by atoms with E-state index in [-0.39, 0.29) is 22.5 Å². The van der Waals surface area contributed by atoms with Crippen molar-refractivity contribution in [2.24, 2.45) is 0 Å². The van der Waals surface area contributed by atoms with Crippen LogP contribution in [0.25, 0.3) is 0 Å². The molecule has 1 N–H and O–H groups in total. The summed E-state index contributed by atoms with van der Waals surface area (Å²) in [5.41, 5.74) is 0.972. The second-order valence-electron chi connectivity index (χ2n) is 8.03. The van der Waals surface area contributed by atoms with Gasteiger partial charge in [-0.3, -0.25) is 9.69 Å². The lowest BCUT2D eigenvalue weighted by molar-refractivity contribution is -0.135. The van der Waals surface area contributed by atoms with E-state index in [1.165, 1.54) is 6.07 Å². The molecule has 1 atom stereocenters. The molecule has 2 saturated heterocycles. The Morgan fingerprint density at radius 1 is 1.19 bits per heavy atom. The van der Waals surface area contributed by atoms with Crippen molar-refractivity contribution in [2.75, 3.05) is 50.7 Å². The van der Waals surface area contributed by atoms with E-state index in [4.69, 9.17) is 11.6 Å². The molecular formula is C19H28ClFN4O. The van der Waals surface area contributed by atoms with E-state index in [0.717, 1.165) is 38.4 Å². The third-order valence-electron chi connectivity index (χ3n) is 5.28. The van der Waals surface area contributed by atoms with Crippen molar-refractivity contribution in [3.05, 3.63) is 29.0 Å². The molecule has 2 heterocycles. The van der Waals surface area contributed by atoms with Crippen LogP contribution in [-0.2, 0) is 4.79 Å². The summed E-state index contributed by atoms with van der Waals surface area (Å²) in [6.07, 6.45) is 0. The largest absolute Gasteiger partial charge is 0.368 e. The maximum atomic E-state index is 13.3. The summed E-state index contributed by atoms with van der Waals surface area (Å²) < 4.78 is 13.3. The van der Waals surface area contributed by atoms with Crippen LogP contribution in [-0.4, -0.2) is 73.1 Å². The van der Waals surface area contributed by atoms with Crippen LogP contribution < -0.4 is 10.2 Å². The summed E-state index contributed by atoms with van der Waals surface area (Å²) >= 11 is 5.89. The molecule has 26 heavy (non-hydrogen) atoms. The number of carbonyl (C=O) groups excluding carboxylic acids is 1. The number of nitrogens with zero attached hydrogens (tertiary/aromatic N) is 3. The van der Waals surface area contributed by atoms with Crippen LogP contribution in [0.2, 0.25) is 5.02 Å². The lowest BCUT2D eigenvalue weighted by Gasteiger charge is -2.43. The minimum Gasteiger partial charge on any atom is -0.368 e. The lowest BCUT2D eigenvalue weighted by atomic mass is 10.0. The normalized spacial score (nSPS) is 22.6. The van der Waals surface area contributed by atoms with Crippen LogP contribution >= 0.6 is 11.6 Å². The number of nitrogens with one attached hydrogen (secondary N) is 1. The Bertz CT molecular complexity index is 655. The number of anilines is 1. The van der Waals surface area contributed by atoms with Crippen molar-refractivity contribution < 1.29 is 9.18 Å². The Morgan fingerprint density at radius 2 is 1.88 bits per heavy atom. The molecule has 0 spiro atoms. The van der Waals surface area contributed by atoms with E-state index < -0.39 is 5.82 Å². The predicted molar refractivity (Wildman–Crippen MR) is 103 cm³/mol. The molecule has 0 aromatic heterocycles. The first-order valence-electron chi connectivity index (χ1n) is 9.23. The van der Waals surface area contributed by atoms with Crippen molar-refractivity contribution >= 4 is 23.2 Å². The Morgan fingerprint density at radius 3 is 2.50 bits per heavy atom. The average molecular weight is 383 g/mol. The average Bonchev–Trinajstić information content (AvgIpc) is 2.63. The maximum Gasteiger partial charge on any atom is 0.241 e. The molecule has 2 aliphatic heterocycles. The van der Waals surface area contributed by atoms with Crippen LogP contribution in [0, 0.1) is 5.82 Å². The van der Waals surface area contributed by atoms with Gasteiger partial charge < -0.3 is 15.1 Å². The molecule has 5 nitrogen and oxygen atoms in total. The van der Waals surface area contributed by atoms with Crippen molar-refractivity contribution in [1.82, 2.24) is 15.1 Å². The number of hydrogen-bond donors (Lipinski definition) is 1. The molecule has 0 unspecified atom stereocenters. The SMILES string of the molecule is CC(C)(C)N1CCN[C@@H](C(=O)N2CCN(c3ccc(F)c(Cl)c3)CC2)C1. The maximum absolute atomic E-state index is 13.3. The van der Waals surface area contributed by atoms with Crippen molar-refractivity contribution in [1.29, 1.82) is 0 Å². The zero-order valence-electron chi connectivity index (χ0n) is 15.8. The summed E-state index contributed by atoms with van der Waals surface area (Å²) in [5.74, 6) is -0.230. The first kappa shape index (κ1) is 19.4. The minimum absolute atomic E-state index is 0.0706. The van der Waals surface area contributed by atoms with Crippen LogP contribution in [0.5, 0.6) is 0 Å². The highest BCUT2D eigenvalue weighted by atomic mass is 35.5. The highest BCUT2D eigenvalue weighted by Crippen LogP contribution is 2.24. The Hall–Kier alpha value is -1.37. The van der Waals surface area contributed by atoms with E-state index in [2.05, 4.69) is 35.9 Å². The van der Waals surface area contributed by atoms with Gasteiger partial charge >= 0.3 is 0 Å². The summed E-state index contributed by atoms with van der Waals surface area (Å²) in [7, 11) is 0. The molecule has 2 aliphatic rings. The van der Waals surface area contributed by atoms with Gasteiger partial charge in [-0.1, -0.05) is 11.6 Å². The Kier molecular flexibility index (Phi) is 5.75. The molecule has 0 radical (unpaired) electrons. The van der Waals surface area contributed by atoms with Crippen molar-refractivity contribution in [3.63, 3.8) is 0 Å². The lowest BCUT2D eigenvalue weighted by Crippen LogP contribution is -2.63. The number of halogens is 2. The smallest absolute Gasteiger partial charge is 0.241 e. The quantitative estimate of drug-likeness (QED) is 0.851. The molecule has 1 aromatic carbocycles. The fourth-order valence-electron chi connectivity index (χ4n) is 3.61. The molecule has 3 rings (SSSR count). The van der Waals surface area contributed by atoms with Gasteiger partial charge in [0.25, 0.3) is 0 Å². The van der Waals surface area contributed by atoms with Crippen LogP contribution in [0.3, 0.4) is 0 Å². The summed E-state index contributed by atoms with van der Waals surface area (Å²) in [6.45, 7) is 11.9. The first-order chi connectivity index (χ1) is 12.3. The number of amides is 1. The molecule has 0 saturated carbocycles. The first-order valence-corrected chi connectivity index (χ1v) is 9.61. The second kappa shape index (κ2) is 7.71. The van der Waals surface area contributed by atoms with Gasteiger partial charge in [0.15, 0.2) is 0 Å². The number of rotatable bonds is 2. The fraction of sp³-hybridized carbons (Fsp3) is 0.632. The number of hydrogen-bond acceptors (Lipinski definition) is 4. The van der Waals surface area contributed by atoms with Gasteiger partial charge in [-0.25, -0.2) is 4.39 Å². The van der Waals surface area contributed by atoms with E-state index in [1.807, 2.05) is 4.90 Å². The molecule has 7 heteroatoms. The van der Waals surface area contributed by atoms with E-state index in [1.54, 1.807) is 12.1 Å². The highest BCUT2D eigenvalue weighted by Gasteiger charge is 2.34. The molecule has 1 aromatic rings. The monoisotopic (exact) mass is 382 g/mol. The van der Waals surface area contributed by atoms with Crippen molar-refractivity contribution in [3.8, 4) is 0 Å². The fourth-order valence-corrected chi connectivity index (χ4v) is 3.79. The molecule has 0 aliphatic carbocycles. The number of benzene rings is 1. The van der Waals surface area contributed by atoms with Gasteiger partial charge in [-0.05, 0) is 39.0 Å². The topological polar surface area (TPSA) is 38.8 Å². The molecule has 0 bridgehead atoms.